The van der Waals surface area contributed by atoms with Gasteiger partial charge in [0.25, 0.3) is 11.8 Å². The molecular formula is C78H120N34O16. The first kappa shape index (κ1) is 98.9. The number of urea groups is 1. The van der Waals surface area contributed by atoms with E-state index >= 15 is 24.0 Å². The minimum Gasteiger partial charge on any atom is -0.508 e. The molecule has 12 amide bonds. The number of rotatable bonds is 44. The average Bonchev–Trinajstić information content (AvgIpc) is 1.51. The highest BCUT2D eigenvalue weighted by molar-refractivity contribution is 6.05. The van der Waals surface area contributed by atoms with Crippen LogP contribution in [-0.4, -0.2) is 239 Å². The molecule has 3 saturated carbocycles. The van der Waals surface area contributed by atoms with Crippen LogP contribution in [0, 0.1) is 37.9 Å². The molecule has 8 rings (SSSR count). The first-order valence-electron chi connectivity index (χ1n) is 41.9. The highest BCUT2D eigenvalue weighted by Gasteiger charge is 2.55. The van der Waals surface area contributed by atoms with Gasteiger partial charge in [0.2, 0.25) is 53.2 Å². The highest BCUT2D eigenvalue weighted by Crippen LogP contribution is 2.57. The summed E-state index contributed by atoms with van der Waals surface area (Å²) in [4.78, 5) is 175. The highest BCUT2D eigenvalue weighted by atomic mass is 16.6. The van der Waals surface area contributed by atoms with Crippen molar-refractivity contribution in [3.8, 4) is 23.0 Å². The van der Waals surface area contributed by atoms with E-state index in [1.165, 1.54) is 54.6 Å². The third-order valence-electron chi connectivity index (χ3n) is 22.2. The molecule has 0 radical (unpaired) electrons. The molecule has 0 saturated heterocycles. The van der Waals surface area contributed by atoms with Crippen molar-refractivity contribution >= 4 is 113 Å². The number of nitrogens with two attached hydrogens (primary N) is 9. The van der Waals surface area contributed by atoms with Gasteiger partial charge >= 0.3 is 12.0 Å². The van der Waals surface area contributed by atoms with Crippen LogP contribution < -0.4 is 147 Å². The van der Waals surface area contributed by atoms with E-state index in [2.05, 4.69) is 90.5 Å². The van der Waals surface area contributed by atoms with Crippen molar-refractivity contribution in [2.45, 2.75) is 212 Å². The summed E-state index contributed by atoms with van der Waals surface area (Å²) in [5.41, 5.74) is 50.0. The minimum atomic E-state index is -1.98. The van der Waals surface area contributed by atoms with Gasteiger partial charge in [-0.1, -0.05) is 18.9 Å². The molecule has 2 unspecified atom stereocenters. The Hall–Kier alpha value is -14.5. The van der Waals surface area contributed by atoms with E-state index in [1.54, 1.807) is 0 Å². The van der Waals surface area contributed by atoms with Crippen molar-refractivity contribution in [3.63, 3.8) is 0 Å². The molecule has 2 aliphatic heterocycles. The standard InChI is InChI=1S/C78H120N34O16/c79-40-23-25-76(36-40,66(81)124)109-62(120)52(14-6-30-98-71(88)89)105-61(119)51(13-5-29-97-70(86)87)108-75(126)112(74(94)102-42-9-1-2-10-42)111-64(122)54(16-8-32-100-73(92)93)106-60(118)50(12-4-28-96-69(84)85)107-67(125)77(26-24-41(80)37-77)110-63(121)53(15-7-31-99-72(90)91)104-59(117)49(11-3-27-95-68(82)83)103-57(115)38-101-58(116)39-17-20-46-45(33-39)65(123)128-78(46)47-21-18-43(113)34-55(47)127-56-35-44(114)19-22-48(56)78/h17-22,33-35,40-42,49-54,113-114H,1-16,23-32,36-38,79-80H2,(H2,81,124)(H2,94,102)(H,101,116)(H,103,115)(H,104,117)(H,105,119)(H,106,118)(H,107,125)(H,108,126)(H,109,120)(H,110,121)(H,111,122)(H4,82,83,95)(H4,84,85,96)(H4,86,87,97)(H4,88,89,98)(H4,90,91,99)(H4,92,93,100)/t40?,41?,49-,50-,51-,52-,53-,54-,76-,77-/m0/s1. The second-order valence-electron chi connectivity index (χ2n) is 32.0. The van der Waals surface area contributed by atoms with E-state index in [9.17, 15) is 49.2 Å². The molecule has 3 fully saturated rings. The Balaban J connectivity index is 1.03. The number of nitrogens with zero attached hydrogens (tertiary/aromatic N) is 1. The van der Waals surface area contributed by atoms with Gasteiger partial charge in [0.1, 0.15) is 70.3 Å². The quantitative estimate of drug-likeness (QED) is 0.00823. The van der Waals surface area contributed by atoms with E-state index in [1.807, 2.05) is 0 Å². The Bertz CT molecular complexity index is 4610. The average molecular weight is 1790 g/mol. The van der Waals surface area contributed by atoms with Crippen LogP contribution in [0.15, 0.2) is 54.6 Å². The monoisotopic (exact) mass is 1790 g/mol. The predicted octanol–water partition coefficient (Wildman–Crippen LogP) is -6.50. The summed E-state index contributed by atoms with van der Waals surface area (Å²) in [5, 5.41) is 119. The number of phenols is 2. The molecule has 0 aromatic heterocycles. The molecule has 44 N–H and O–H groups in total. The van der Waals surface area contributed by atoms with Gasteiger partial charge in [-0.25, -0.2) is 9.59 Å². The number of guanidine groups is 7. The summed E-state index contributed by atoms with van der Waals surface area (Å²) >= 11 is 0. The van der Waals surface area contributed by atoms with Crippen molar-refractivity contribution in [2.24, 2.45) is 51.6 Å². The molecule has 3 aromatic carbocycles. The lowest BCUT2D eigenvalue weighted by Gasteiger charge is -2.36. The first-order chi connectivity index (χ1) is 60.7. The summed E-state index contributed by atoms with van der Waals surface area (Å²) in [6, 6.07) is -0.0557. The third-order valence-corrected chi connectivity index (χ3v) is 22.2. The molecule has 3 aliphatic carbocycles. The van der Waals surface area contributed by atoms with Crippen LogP contribution >= 0.6 is 0 Å². The maximum absolute atomic E-state index is 15.4. The number of ether oxygens (including phenoxy) is 2. The van der Waals surface area contributed by atoms with Gasteiger partial charge in [0.15, 0.2) is 41.4 Å². The normalized spacial score (nSPS) is 18.6. The van der Waals surface area contributed by atoms with Crippen LogP contribution in [0.5, 0.6) is 23.0 Å². The minimum absolute atomic E-state index is 0.00834. The lowest BCUT2D eigenvalue weighted by Crippen LogP contribution is -2.65. The summed E-state index contributed by atoms with van der Waals surface area (Å²) in [7, 11) is 0. The Morgan fingerprint density at radius 3 is 1.24 bits per heavy atom. The smallest absolute Gasteiger partial charge is 0.344 e. The van der Waals surface area contributed by atoms with Crippen molar-refractivity contribution in [3.05, 3.63) is 82.4 Å². The zero-order valence-electron chi connectivity index (χ0n) is 70.7. The van der Waals surface area contributed by atoms with Crippen molar-refractivity contribution in [2.75, 3.05) is 45.8 Å². The van der Waals surface area contributed by atoms with Crippen molar-refractivity contribution < 1.29 is 77.2 Å². The van der Waals surface area contributed by atoms with E-state index in [4.69, 9.17) is 93.5 Å². The number of amides is 12. The topological polar surface area (TPSA) is 873 Å². The number of carbonyl (C=O) groups excluding carboxylic acids is 12. The Labute approximate surface area is 735 Å². The SMILES string of the molecule is N=C(N)NCCC[C@H](NC(=O)CNC(=O)c1ccc2c(c1)C(=O)OC21c2ccc(O)cc2Oc2cc(O)ccc21)C(=O)N[C@@H](CCCNC(=N)N)C(=O)N[C@@]1(C(=O)N[C@@H](CCCNC(=N)N)C(=O)N[C@@H](CCCNC(=N)N)C(=O)NN(C(=N)NC2CCCC2)C(=O)N[C@@H](CCCNC(=N)N)C(=O)N[C@@H](CCCNC(=N)N)C(=O)N[C@@]2(C(N)=O)CCC(N)C2)CCC(N)C1. The molecule has 1 spiro atoms. The number of carbonyl (C=O) groups is 12. The van der Waals surface area contributed by atoms with Crippen LogP contribution in [0.1, 0.15) is 179 Å². The largest absolute Gasteiger partial charge is 0.508 e. The first-order valence-corrected chi connectivity index (χ1v) is 41.9. The lowest BCUT2D eigenvalue weighted by molar-refractivity contribution is -0.138. The fourth-order valence-electron chi connectivity index (χ4n) is 15.8. The number of fused-ring (bicyclic) bond motifs is 6. The molecule has 50 nitrogen and oxygen atoms in total. The van der Waals surface area contributed by atoms with Gasteiger partial charge in [-0.15, -0.1) is 0 Å². The zero-order chi connectivity index (χ0) is 93.7. The number of benzene rings is 3. The molecule has 698 valence electrons. The Kier molecular flexibility index (Phi) is 35.5. The number of hydrogen-bond donors (Lipinski definition) is 35. The molecular weight excluding hydrogens is 1670 g/mol. The fourth-order valence-corrected chi connectivity index (χ4v) is 15.8. The van der Waals surface area contributed by atoms with E-state index in [0.717, 1.165) is 12.8 Å². The maximum atomic E-state index is 15.4. The van der Waals surface area contributed by atoms with E-state index < -0.39 is 184 Å². The summed E-state index contributed by atoms with van der Waals surface area (Å²) in [5.74, 6) is -13.9. The van der Waals surface area contributed by atoms with Crippen LogP contribution in [0.2, 0.25) is 0 Å². The van der Waals surface area contributed by atoms with Gasteiger partial charge in [0.05, 0.1) is 12.1 Å². The van der Waals surface area contributed by atoms with E-state index in [0.29, 0.717) is 35.4 Å². The van der Waals surface area contributed by atoms with Gasteiger partial charge in [0, 0.05) is 91.8 Å². The molecule has 128 heavy (non-hydrogen) atoms. The fraction of sp³-hybridized carbons (Fsp3) is 0.526. The summed E-state index contributed by atoms with van der Waals surface area (Å²) < 4.78 is 12.2. The van der Waals surface area contributed by atoms with Gasteiger partial charge < -0.3 is 156 Å². The van der Waals surface area contributed by atoms with E-state index in [-0.39, 0.29) is 194 Å². The molecule has 3 aromatic rings. The lowest BCUT2D eigenvalue weighted by atomic mass is 9.77. The maximum Gasteiger partial charge on any atom is 0.344 e. The van der Waals surface area contributed by atoms with Crippen LogP contribution in [0.25, 0.3) is 0 Å². The van der Waals surface area contributed by atoms with Crippen molar-refractivity contribution in [1.29, 1.82) is 37.9 Å². The molecule has 5 aliphatic rings. The summed E-state index contributed by atoms with van der Waals surface area (Å²) in [6.45, 7) is -0.891. The molecule has 2 heterocycles. The number of aromatic hydroxyl groups is 2. The summed E-state index contributed by atoms with van der Waals surface area (Å²) in [6.07, 6.45) is 1.27. The van der Waals surface area contributed by atoms with Gasteiger partial charge in [-0.2, -0.15) is 5.01 Å². The third kappa shape index (κ3) is 27.8. The van der Waals surface area contributed by atoms with Crippen LogP contribution in [0.3, 0.4) is 0 Å². The van der Waals surface area contributed by atoms with Crippen LogP contribution in [0.4, 0.5) is 4.79 Å². The number of nitrogens with one attached hydrogen (secondary N) is 24. The van der Waals surface area contributed by atoms with Crippen molar-refractivity contribution in [1.82, 2.24) is 95.5 Å². The number of hydrogen-bond acceptors (Lipinski definition) is 25. The number of esters is 1. The molecule has 10 atom stereocenters. The predicted molar refractivity (Wildman–Crippen MR) is 465 cm³/mol. The zero-order valence-corrected chi connectivity index (χ0v) is 70.7. The van der Waals surface area contributed by atoms with Gasteiger partial charge in [-0.05, 0) is 165 Å². The number of hydrazine groups is 1. The van der Waals surface area contributed by atoms with Crippen LogP contribution in [-0.2, 0) is 53.5 Å². The second kappa shape index (κ2) is 45.9. The molecule has 50 heteroatoms. The number of primary amides is 1. The number of phenolic OH excluding ortho intramolecular Hbond substituents is 2. The Morgan fingerprint density at radius 2 is 0.836 bits per heavy atom. The second-order valence-corrected chi connectivity index (χ2v) is 32.0. The molecule has 0 bridgehead atoms. The Morgan fingerprint density at radius 1 is 0.453 bits per heavy atom. The van der Waals surface area contributed by atoms with Gasteiger partial charge in [-0.3, -0.25) is 91.2 Å².